The van der Waals surface area contributed by atoms with Crippen molar-refractivity contribution in [3.8, 4) is 17.1 Å². The van der Waals surface area contributed by atoms with Gasteiger partial charge in [-0.1, -0.05) is 46.3 Å². The summed E-state index contributed by atoms with van der Waals surface area (Å²) in [5.74, 6) is 1.64. The van der Waals surface area contributed by atoms with Crippen molar-refractivity contribution in [2.45, 2.75) is 12.1 Å². The minimum atomic E-state index is -0.320. The average Bonchev–Trinajstić information content (AvgIpc) is 3.40. The van der Waals surface area contributed by atoms with Gasteiger partial charge in [0.15, 0.2) is 5.11 Å². The van der Waals surface area contributed by atoms with Crippen LogP contribution < -0.4 is 10.2 Å². The number of hydrogen-bond donors (Lipinski definition) is 2. The van der Waals surface area contributed by atoms with Gasteiger partial charge >= 0.3 is 0 Å². The number of furan rings is 1. The van der Waals surface area contributed by atoms with Crippen LogP contribution in [0.4, 0.5) is 5.69 Å². The first kappa shape index (κ1) is 19.8. The van der Waals surface area contributed by atoms with Crippen molar-refractivity contribution in [1.29, 1.82) is 0 Å². The summed E-state index contributed by atoms with van der Waals surface area (Å²) in [6.07, 6.45) is 1.76. The van der Waals surface area contributed by atoms with E-state index in [0.717, 1.165) is 27.3 Å². The van der Waals surface area contributed by atoms with Crippen LogP contribution in [-0.4, -0.2) is 15.2 Å². The Morgan fingerprint density at radius 1 is 0.968 bits per heavy atom. The Morgan fingerprint density at radius 2 is 1.74 bits per heavy atom. The second kappa shape index (κ2) is 8.17. The topological polar surface area (TPSA) is 61.5 Å². The van der Waals surface area contributed by atoms with E-state index in [0.29, 0.717) is 10.8 Å². The number of halogens is 1. The smallest absolute Gasteiger partial charge is 0.174 e. The van der Waals surface area contributed by atoms with E-state index in [1.54, 1.807) is 18.3 Å². The molecule has 0 spiro atoms. The largest absolute Gasteiger partial charge is 0.506 e. The summed E-state index contributed by atoms with van der Waals surface area (Å²) in [4.78, 5) is 6.44. The van der Waals surface area contributed by atoms with E-state index in [9.17, 15) is 5.11 Å². The third-order valence-corrected chi connectivity index (χ3v) is 6.13. The zero-order valence-corrected chi connectivity index (χ0v) is 18.7. The van der Waals surface area contributed by atoms with E-state index < -0.39 is 0 Å². The molecule has 4 aromatic rings. The van der Waals surface area contributed by atoms with Crippen LogP contribution in [0.1, 0.15) is 23.5 Å². The molecule has 1 aliphatic rings. The maximum atomic E-state index is 10.5. The van der Waals surface area contributed by atoms with Crippen LogP contribution in [0.3, 0.4) is 0 Å². The van der Waals surface area contributed by atoms with Crippen LogP contribution in [0, 0.1) is 0 Å². The van der Waals surface area contributed by atoms with Crippen molar-refractivity contribution in [2.75, 3.05) is 4.90 Å². The number of aromatic hydroxyl groups is 1. The first-order chi connectivity index (χ1) is 15.1. The number of benzene rings is 2. The molecule has 5 rings (SSSR count). The van der Waals surface area contributed by atoms with Crippen molar-refractivity contribution < 1.29 is 9.52 Å². The normalized spacial score (nSPS) is 18.2. The van der Waals surface area contributed by atoms with Gasteiger partial charge in [0.05, 0.1) is 17.4 Å². The highest BCUT2D eigenvalue weighted by molar-refractivity contribution is 9.10. The lowest BCUT2D eigenvalue weighted by Crippen LogP contribution is -2.29. The third-order valence-electron chi connectivity index (χ3n) is 5.29. The Kier molecular flexibility index (Phi) is 5.21. The van der Waals surface area contributed by atoms with Gasteiger partial charge in [-0.05, 0) is 60.7 Å². The minimum absolute atomic E-state index is 0.151. The highest BCUT2D eigenvalue weighted by Gasteiger charge is 2.43. The summed E-state index contributed by atoms with van der Waals surface area (Å²) in [5, 5.41) is 14.4. The molecular formula is C24H18BrN3O2S. The van der Waals surface area contributed by atoms with Gasteiger partial charge in [0.25, 0.3) is 0 Å². The van der Waals surface area contributed by atoms with Gasteiger partial charge in [0, 0.05) is 16.2 Å². The van der Waals surface area contributed by atoms with Gasteiger partial charge in [0.1, 0.15) is 23.3 Å². The predicted octanol–water partition coefficient (Wildman–Crippen LogP) is 5.99. The Bertz CT molecular complexity index is 1230. The minimum Gasteiger partial charge on any atom is -0.506 e. The molecule has 5 nitrogen and oxygen atoms in total. The first-order valence-electron chi connectivity index (χ1n) is 9.76. The fourth-order valence-electron chi connectivity index (χ4n) is 3.85. The number of thiocarbonyl (C=S) groups is 1. The second-order valence-corrected chi connectivity index (χ2v) is 8.50. The van der Waals surface area contributed by atoms with Crippen LogP contribution in [-0.2, 0) is 0 Å². The Morgan fingerprint density at radius 3 is 2.48 bits per heavy atom. The molecule has 0 aliphatic carbocycles. The van der Waals surface area contributed by atoms with Gasteiger partial charge in [-0.25, -0.2) is 0 Å². The van der Waals surface area contributed by atoms with Crippen molar-refractivity contribution in [3.63, 3.8) is 0 Å². The summed E-state index contributed by atoms with van der Waals surface area (Å²) in [6, 6.07) is 24.3. The summed E-state index contributed by atoms with van der Waals surface area (Å²) in [5.41, 5.74) is 2.44. The van der Waals surface area contributed by atoms with E-state index in [2.05, 4.69) is 26.2 Å². The zero-order chi connectivity index (χ0) is 21.4. The molecule has 0 bridgehead atoms. The molecule has 31 heavy (non-hydrogen) atoms. The molecule has 0 saturated carbocycles. The molecule has 1 aliphatic heterocycles. The quantitative estimate of drug-likeness (QED) is 0.342. The summed E-state index contributed by atoms with van der Waals surface area (Å²) >= 11 is 9.15. The lowest BCUT2D eigenvalue weighted by molar-refractivity contribution is 0.434. The molecule has 2 aromatic carbocycles. The van der Waals surface area contributed by atoms with Crippen LogP contribution in [0.15, 0.2) is 93.9 Å². The molecular weight excluding hydrogens is 474 g/mol. The average molecular weight is 492 g/mol. The summed E-state index contributed by atoms with van der Waals surface area (Å²) in [7, 11) is 0. The maximum absolute atomic E-state index is 10.5. The maximum Gasteiger partial charge on any atom is 0.174 e. The lowest BCUT2D eigenvalue weighted by Gasteiger charge is -2.26. The van der Waals surface area contributed by atoms with E-state index in [4.69, 9.17) is 16.6 Å². The van der Waals surface area contributed by atoms with Gasteiger partial charge in [-0.15, -0.1) is 0 Å². The first-order valence-corrected chi connectivity index (χ1v) is 11.0. The number of phenolic OH excluding ortho intramolecular Hbond substituents is 1. The van der Waals surface area contributed by atoms with E-state index in [-0.39, 0.29) is 17.8 Å². The molecule has 2 atom stereocenters. The van der Waals surface area contributed by atoms with Crippen molar-refractivity contribution in [3.05, 3.63) is 101 Å². The van der Waals surface area contributed by atoms with Crippen molar-refractivity contribution in [2.24, 2.45) is 0 Å². The third kappa shape index (κ3) is 3.71. The Balaban J connectivity index is 1.61. The van der Waals surface area contributed by atoms with Gasteiger partial charge in [0.2, 0.25) is 0 Å². The second-order valence-electron chi connectivity index (χ2n) is 7.19. The molecule has 3 heterocycles. The van der Waals surface area contributed by atoms with Gasteiger partial charge in [-0.3, -0.25) is 4.98 Å². The molecule has 1 fully saturated rings. The van der Waals surface area contributed by atoms with Crippen LogP contribution in [0.25, 0.3) is 11.3 Å². The lowest BCUT2D eigenvalue weighted by atomic mass is 10.0. The van der Waals surface area contributed by atoms with E-state index >= 15 is 0 Å². The van der Waals surface area contributed by atoms with Crippen LogP contribution in [0.2, 0.25) is 0 Å². The molecule has 0 amide bonds. The fourth-order valence-corrected chi connectivity index (χ4v) is 4.46. The number of para-hydroxylation sites is 2. The highest BCUT2D eigenvalue weighted by atomic mass is 79.9. The molecule has 0 radical (unpaired) electrons. The number of rotatable bonds is 4. The molecule has 2 aromatic heterocycles. The fraction of sp³-hybridized carbons (Fsp3) is 0.0833. The number of nitrogens with one attached hydrogen (secondary N) is 1. The van der Waals surface area contributed by atoms with Gasteiger partial charge in [-0.2, -0.15) is 0 Å². The Hall–Kier alpha value is -3.16. The highest BCUT2D eigenvalue weighted by Crippen LogP contribution is 2.45. The molecule has 0 unspecified atom stereocenters. The predicted molar refractivity (Wildman–Crippen MR) is 128 cm³/mol. The number of phenols is 1. The standard InChI is InChI=1S/C24H18BrN3O2S/c25-16-10-8-15(9-11-16)20-12-13-21(30-20)23-22(17-5-3-4-14-26-17)27-24(31)28(23)18-6-1-2-7-19(18)29/h1-14,22-23,29H,(H,27,31)/t22-,23+/m1/s1. The molecule has 2 N–H and O–H groups in total. The Labute approximate surface area is 193 Å². The molecule has 154 valence electrons. The van der Waals surface area contributed by atoms with Crippen LogP contribution >= 0.6 is 28.1 Å². The monoisotopic (exact) mass is 491 g/mol. The van der Waals surface area contributed by atoms with Crippen molar-refractivity contribution in [1.82, 2.24) is 10.3 Å². The number of aromatic nitrogens is 1. The van der Waals surface area contributed by atoms with Crippen molar-refractivity contribution >= 4 is 38.9 Å². The van der Waals surface area contributed by atoms with Crippen LogP contribution in [0.5, 0.6) is 5.75 Å². The number of pyridine rings is 1. The molecule has 7 heteroatoms. The molecule has 1 saturated heterocycles. The van der Waals surface area contributed by atoms with Gasteiger partial charge < -0.3 is 19.7 Å². The number of anilines is 1. The number of nitrogens with zero attached hydrogens (tertiary/aromatic N) is 2. The SMILES string of the molecule is Oc1ccccc1N1C(=S)N[C@H](c2ccccn2)[C@@H]1c1ccc(-c2ccc(Br)cc2)o1. The summed E-state index contributed by atoms with van der Waals surface area (Å²) in [6.45, 7) is 0. The van der Waals surface area contributed by atoms with E-state index in [1.807, 2.05) is 71.6 Å². The number of hydrogen-bond acceptors (Lipinski definition) is 4. The van der Waals surface area contributed by atoms with E-state index in [1.165, 1.54) is 0 Å². The summed E-state index contributed by atoms with van der Waals surface area (Å²) < 4.78 is 7.33. The zero-order valence-electron chi connectivity index (χ0n) is 16.3.